The van der Waals surface area contributed by atoms with E-state index in [1.807, 2.05) is 0 Å². The zero-order valence-electron chi connectivity index (χ0n) is 17.5. The van der Waals surface area contributed by atoms with Crippen LogP contribution in [0.1, 0.15) is 5.56 Å². The number of benzene rings is 2. The Bertz CT molecular complexity index is 1080. The first-order chi connectivity index (χ1) is 16.6. The molecule has 186 valence electrons. The van der Waals surface area contributed by atoms with E-state index in [1.54, 1.807) is 48.8 Å². The van der Waals surface area contributed by atoms with Crippen LogP contribution in [0.4, 0.5) is 0 Å². The van der Waals surface area contributed by atoms with E-state index in [2.05, 4.69) is 29.5 Å². The van der Waals surface area contributed by atoms with Gasteiger partial charge in [-0.2, -0.15) is 12.6 Å². The fraction of sp³-hybridized carbons (Fsp3) is 0.0909. The molecule has 2 aromatic carbocycles. The van der Waals surface area contributed by atoms with Gasteiger partial charge in [0.2, 0.25) is 0 Å². The van der Waals surface area contributed by atoms with Crippen LogP contribution < -0.4 is 5.32 Å². The minimum atomic E-state index is -0.174. The Morgan fingerprint density at radius 2 is 1.43 bits per heavy atom. The standard InChI is InChI=1S/C12H4Cl6OS2.C10H12N2OS/c13-5-1-7(15)11(8(16)2-5)20-19-21-12-9(17)3-6(14)4-10(12)18;1-8(10(13)12-5-6-14)9-3-2-4-11-7-9/h1-4H;2-4,7,14H,1,5-6H2,(H,12,13). The van der Waals surface area contributed by atoms with Gasteiger partial charge in [-0.1, -0.05) is 82.3 Å². The second kappa shape index (κ2) is 15.7. The first-order valence-electron chi connectivity index (χ1n) is 9.42. The van der Waals surface area contributed by atoms with Crippen molar-refractivity contribution in [1.82, 2.24) is 10.3 Å². The third-order valence-corrected chi connectivity index (χ3v) is 7.90. The summed E-state index contributed by atoms with van der Waals surface area (Å²) in [6, 6.07) is 9.88. The summed E-state index contributed by atoms with van der Waals surface area (Å²) < 4.78 is 5.42. The number of nitrogens with one attached hydrogen (secondary N) is 1. The maximum absolute atomic E-state index is 11.4. The van der Waals surface area contributed by atoms with Crippen molar-refractivity contribution in [3.63, 3.8) is 0 Å². The Morgan fingerprint density at radius 1 is 0.943 bits per heavy atom. The van der Waals surface area contributed by atoms with Gasteiger partial charge in [0.15, 0.2) is 0 Å². The van der Waals surface area contributed by atoms with Gasteiger partial charge in [0, 0.05) is 70.0 Å². The van der Waals surface area contributed by atoms with Gasteiger partial charge in [-0.15, -0.1) is 0 Å². The lowest BCUT2D eigenvalue weighted by atomic mass is 10.1. The predicted octanol–water partition coefficient (Wildman–Crippen LogP) is 9.48. The molecule has 3 aromatic rings. The molecule has 1 N–H and O–H groups in total. The fourth-order valence-electron chi connectivity index (χ4n) is 2.25. The molecule has 3 rings (SSSR count). The number of halogens is 6. The van der Waals surface area contributed by atoms with E-state index < -0.39 is 0 Å². The number of aromatic nitrogens is 1. The number of rotatable bonds is 8. The van der Waals surface area contributed by atoms with Gasteiger partial charge in [0.05, 0.1) is 29.9 Å². The average Bonchev–Trinajstić information content (AvgIpc) is 2.81. The van der Waals surface area contributed by atoms with E-state index >= 15 is 0 Å². The van der Waals surface area contributed by atoms with Crippen LogP contribution in [0.5, 0.6) is 0 Å². The minimum Gasteiger partial charge on any atom is -0.351 e. The summed E-state index contributed by atoms with van der Waals surface area (Å²) in [5.41, 5.74) is 1.17. The van der Waals surface area contributed by atoms with E-state index in [9.17, 15) is 4.79 Å². The second-order valence-electron chi connectivity index (χ2n) is 6.33. The average molecular weight is 649 g/mol. The maximum Gasteiger partial charge on any atom is 0.251 e. The Hall–Kier alpha value is -0.450. The summed E-state index contributed by atoms with van der Waals surface area (Å²) in [4.78, 5) is 16.4. The van der Waals surface area contributed by atoms with Crippen molar-refractivity contribution >= 4 is 118 Å². The van der Waals surface area contributed by atoms with Crippen molar-refractivity contribution in [3.05, 3.63) is 91.1 Å². The van der Waals surface area contributed by atoms with Gasteiger partial charge < -0.3 is 5.32 Å². The molecule has 0 aliphatic carbocycles. The van der Waals surface area contributed by atoms with Crippen LogP contribution in [-0.2, 0) is 8.42 Å². The van der Waals surface area contributed by atoms with Crippen LogP contribution in [0.3, 0.4) is 0 Å². The van der Waals surface area contributed by atoms with Crippen molar-refractivity contribution in [2.75, 3.05) is 12.3 Å². The molecule has 0 bridgehead atoms. The molecule has 0 aliphatic heterocycles. The van der Waals surface area contributed by atoms with Gasteiger partial charge in [-0.05, 0) is 30.3 Å². The molecule has 0 fully saturated rings. The van der Waals surface area contributed by atoms with Gasteiger partial charge in [-0.25, -0.2) is 3.63 Å². The summed E-state index contributed by atoms with van der Waals surface area (Å²) in [6.45, 7) is 4.24. The lowest BCUT2D eigenvalue weighted by Gasteiger charge is -2.08. The number of carbonyl (C=O) groups excluding carboxylic acids is 1. The molecule has 0 aliphatic rings. The molecule has 1 aromatic heterocycles. The van der Waals surface area contributed by atoms with E-state index in [1.165, 1.54) is 0 Å². The maximum atomic E-state index is 11.4. The Kier molecular flexibility index (Phi) is 13.8. The first kappa shape index (κ1) is 30.8. The molecule has 13 heteroatoms. The molecule has 0 saturated carbocycles. The highest BCUT2D eigenvalue weighted by atomic mass is 35.5. The minimum absolute atomic E-state index is 0.174. The van der Waals surface area contributed by atoms with Crippen molar-refractivity contribution in [1.29, 1.82) is 0 Å². The lowest BCUT2D eigenvalue weighted by molar-refractivity contribution is -0.115. The van der Waals surface area contributed by atoms with Crippen LogP contribution in [0.2, 0.25) is 30.1 Å². The SMILES string of the molecule is C=C(C(=O)NCCS)c1cccnc1.Clc1cc(Cl)c(SOSc2c(Cl)cc(Cl)cc2Cl)c(Cl)c1. The number of pyridine rings is 1. The van der Waals surface area contributed by atoms with E-state index in [-0.39, 0.29) is 5.91 Å². The van der Waals surface area contributed by atoms with Crippen LogP contribution in [0, 0.1) is 0 Å². The van der Waals surface area contributed by atoms with Crippen molar-refractivity contribution in [2.45, 2.75) is 9.79 Å². The van der Waals surface area contributed by atoms with Gasteiger partial charge in [-0.3, -0.25) is 9.78 Å². The number of nitrogens with zero attached hydrogens (tertiary/aromatic N) is 1. The lowest BCUT2D eigenvalue weighted by Crippen LogP contribution is -2.25. The highest BCUT2D eigenvalue weighted by Gasteiger charge is 2.13. The summed E-state index contributed by atoms with van der Waals surface area (Å²) in [7, 11) is 0. The van der Waals surface area contributed by atoms with Crippen molar-refractivity contribution in [3.8, 4) is 0 Å². The quantitative estimate of drug-likeness (QED) is 0.145. The van der Waals surface area contributed by atoms with Crippen molar-refractivity contribution < 1.29 is 8.42 Å². The number of amides is 1. The summed E-state index contributed by atoms with van der Waals surface area (Å²) in [6.07, 6.45) is 3.27. The Labute approximate surface area is 247 Å². The topological polar surface area (TPSA) is 51.2 Å². The van der Waals surface area contributed by atoms with Crippen LogP contribution in [-0.4, -0.2) is 23.2 Å². The number of hydrogen-bond donors (Lipinski definition) is 2. The van der Waals surface area contributed by atoms with Gasteiger partial charge in [0.25, 0.3) is 5.91 Å². The van der Waals surface area contributed by atoms with Crippen molar-refractivity contribution in [2.24, 2.45) is 0 Å². The number of carbonyl (C=O) groups is 1. The second-order valence-corrected chi connectivity index (χ2v) is 11.0. The normalized spacial score (nSPS) is 10.4. The molecule has 4 nitrogen and oxygen atoms in total. The largest absolute Gasteiger partial charge is 0.351 e. The molecule has 35 heavy (non-hydrogen) atoms. The van der Waals surface area contributed by atoms with E-state index in [0.717, 1.165) is 29.6 Å². The van der Waals surface area contributed by atoms with Gasteiger partial charge >= 0.3 is 0 Å². The molecular weight excluding hydrogens is 633 g/mol. The molecule has 0 unspecified atom stereocenters. The van der Waals surface area contributed by atoms with E-state index in [4.69, 9.17) is 73.2 Å². The van der Waals surface area contributed by atoms with Gasteiger partial charge in [0.1, 0.15) is 0 Å². The smallest absolute Gasteiger partial charge is 0.251 e. The van der Waals surface area contributed by atoms with Crippen LogP contribution >= 0.6 is 106 Å². The Balaban J connectivity index is 0.000000269. The molecular formula is C22H16Cl6N2O2S3. The highest BCUT2D eigenvalue weighted by Crippen LogP contribution is 2.43. The van der Waals surface area contributed by atoms with Crippen LogP contribution in [0.25, 0.3) is 5.57 Å². The zero-order chi connectivity index (χ0) is 26.0. The Morgan fingerprint density at radius 3 is 1.83 bits per heavy atom. The number of thiol groups is 1. The molecule has 0 radical (unpaired) electrons. The fourth-order valence-corrected chi connectivity index (χ4v) is 5.61. The van der Waals surface area contributed by atoms with Crippen LogP contribution in [0.15, 0.2) is 65.2 Å². The predicted molar refractivity (Wildman–Crippen MR) is 156 cm³/mol. The molecule has 0 spiro atoms. The van der Waals surface area contributed by atoms with E-state index in [0.29, 0.717) is 57.8 Å². The zero-order valence-corrected chi connectivity index (χ0v) is 24.6. The third kappa shape index (κ3) is 10.1. The molecule has 0 atom stereocenters. The molecule has 1 amide bonds. The summed E-state index contributed by atoms with van der Waals surface area (Å²) in [5.74, 6) is 0.443. The highest BCUT2D eigenvalue weighted by molar-refractivity contribution is 8.08. The monoisotopic (exact) mass is 646 g/mol. The molecule has 0 saturated heterocycles. The summed E-state index contributed by atoms with van der Waals surface area (Å²) in [5, 5.41) is 5.17. The number of hydrogen-bond acceptors (Lipinski definition) is 6. The third-order valence-electron chi connectivity index (χ3n) is 3.84. The summed E-state index contributed by atoms with van der Waals surface area (Å²) >= 11 is 41.9. The first-order valence-corrected chi connectivity index (χ1v) is 13.8. The molecule has 1 heterocycles.